The van der Waals surface area contributed by atoms with Crippen molar-refractivity contribution in [2.45, 2.75) is 0 Å². The minimum Gasteiger partial charge on any atom is -0.314 e. The summed E-state index contributed by atoms with van der Waals surface area (Å²) in [6.45, 7) is 5.95. The van der Waals surface area contributed by atoms with Crippen molar-refractivity contribution in [1.82, 2.24) is 10.2 Å². The van der Waals surface area contributed by atoms with E-state index >= 15 is 0 Å². The fraction of sp³-hybridized carbons (Fsp3) is 1.00. The van der Waals surface area contributed by atoms with E-state index in [-0.39, 0.29) is 0 Å². The molecule has 0 aromatic rings. The highest BCUT2D eigenvalue weighted by molar-refractivity contribution is 7.92. The number of hydrogen-bond donors (Lipinski definition) is 1. The molecule has 5 heteroatoms. The van der Waals surface area contributed by atoms with Crippen LogP contribution in [0.3, 0.4) is 0 Å². The lowest BCUT2D eigenvalue weighted by Crippen LogP contribution is -2.44. The van der Waals surface area contributed by atoms with Crippen LogP contribution in [0, 0.1) is 0 Å². The molecule has 0 saturated carbocycles. The molecule has 13 heavy (non-hydrogen) atoms. The Balaban J connectivity index is 2.22. The van der Waals surface area contributed by atoms with Gasteiger partial charge in [-0.3, -0.25) is 9.11 Å². The summed E-state index contributed by atoms with van der Waals surface area (Å²) in [5.41, 5.74) is 0. The van der Waals surface area contributed by atoms with E-state index in [2.05, 4.69) is 14.6 Å². The predicted molar refractivity (Wildman–Crippen MR) is 56.6 cm³/mol. The molecule has 1 rings (SSSR count). The van der Waals surface area contributed by atoms with Gasteiger partial charge in [0.15, 0.2) is 0 Å². The highest BCUT2D eigenvalue weighted by atomic mass is 32.2. The topological polar surface area (TPSA) is 44.7 Å². The first kappa shape index (κ1) is 10.9. The zero-order chi connectivity index (χ0) is 9.73. The summed E-state index contributed by atoms with van der Waals surface area (Å²) in [5.74, 6) is 0. The van der Waals surface area contributed by atoms with Crippen molar-refractivity contribution >= 4 is 9.73 Å². The van der Waals surface area contributed by atoms with Gasteiger partial charge in [-0.2, -0.15) is 0 Å². The molecule has 0 radical (unpaired) electrons. The molecule has 1 heterocycles. The minimum atomic E-state index is -1.89. The van der Waals surface area contributed by atoms with Gasteiger partial charge in [-0.25, -0.2) is 4.36 Å². The Hall–Kier alpha value is -0.130. The van der Waals surface area contributed by atoms with Gasteiger partial charge >= 0.3 is 0 Å². The van der Waals surface area contributed by atoms with Crippen molar-refractivity contribution in [2.75, 3.05) is 51.8 Å². The summed E-state index contributed by atoms with van der Waals surface area (Å²) in [7, 11) is -1.89. The Morgan fingerprint density at radius 2 is 2.00 bits per heavy atom. The number of rotatable bonds is 3. The van der Waals surface area contributed by atoms with E-state index in [4.69, 9.17) is 0 Å². The molecule has 0 atom stereocenters. The maximum atomic E-state index is 11.2. The van der Waals surface area contributed by atoms with Gasteiger partial charge in [0.2, 0.25) is 0 Å². The van der Waals surface area contributed by atoms with Crippen LogP contribution in [0.4, 0.5) is 0 Å². The monoisotopic (exact) mass is 205 g/mol. The van der Waals surface area contributed by atoms with E-state index in [1.54, 1.807) is 12.5 Å². The van der Waals surface area contributed by atoms with E-state index in [1.165, 1.54) is 0 Å². The molecule has 1 aliphatic heterocycles. The van der Waals surface area contributed by atoms with Crippen molar-refractivity contribution in [3.63, 3.8) is 0 Å². The van der Waals surface area contributed by atoms with E-state index in [9.17, 15) is 4.21 Å². The largest absolute Gasteiger partial charge is 0.314 e. The Morgan fingerprint density at radius 1 is 1.38 bits per heavy atom. The fourth-order valence-electron chi connectivity index (χ4n) is 1.34. The first-order chi connectivity index (χ1) is 6.08. The van der Waals surface area contributed by atoms with Crippen LogP contribution >= 0.6 is 0 Å². The molecule has 0 aromatic carbocycles. The zero-order valence-corrected chi connectivity index (χ0v) is 9.27. The van der Waals surface area contributed by atoms with Gasteiger partial charge in [0.05, 0.1) is 6.54 Å². The van der Waals surface area contributed by atoms with Crippen LogP contribution in [-0.4, -0.2) is 60.9 Å². The highest BCUT2D eigenvalue weighted by Crippen LogP contribution is 1.92. The summed E-state index contributed by atoms with van der Waals surface area (Å²) in [6, 6.07) is 0. The predicted octanol–water partition coefficient (Wildman–Crippen LogP) is -0.381. The Bertz CT molecular complexity index is 244. The highest BCUT2D eigenvalue weighted by Gasteiger charge is 2.07. The molecule has 4 nitrogen and oxygen atoms in total. The number of nitrogens with zero attached hydrogens (tertiary/aromatic N) is 2. The van der Waals surface area contributed by atoms with Crippen molar-refractivity contribution in [2.24, 2.45) is 4.36 Å². The van der Waals surface area contributed by atoms with E-state index in [1.807, 2.05) is 0 Å². The third-order valence-electron chi connectivity index (χ3n) is 2.03. The van der Waals surface area contributed by atoms with Gasteiger partial charge in [-0.05, 0) is 0 Å². The van der Waals surface area contributed by atoms with Crippen LogP contribution in [0.25, 0.3) is 0 Å². The summed E-state index contributed by atoms with van der Waals surface area (Å²) in [5, 5.41) is 3.29. The van der Waals surface area contributed by atoms with Crippen LogP contribution < -0.4 is 5.32 Å². The van der Waals surface area contributed by atoms with Crippen molar-refractivity contribution in [3.05, 3.63) is 0 Å². The first-order valence-electron chi connectivity index (χ1n) is 4.64. The number of piperazine rings is 1. The van der Waals surface area contributed by atoms with Crippen molar-refractivity contribution < 1.29 is 4.21 Å². The number of nitrogens with one attached hydrogen (secondary N) is 1. The van der Waals surface area contributed by atoms with Crippen LogP contribution in [-0.2, 0) is 9.73 Å². The lowest BCUT2D eigenvalue weighted by atomic mass is 10.3. The molecule has 78 valence electrons. The first-order valence-corrected chi connectivity index (χ1v) is 6.97. The number of hydrogen-bond acceptors (Lipinski definition) is 4. The lowest BCUT2D eigenvalue weighted by Gasteiger charge is -2.26. The molecule has 0 amide bonds. The zero-order valence-electron chi connectivity index (χ0n) is 8.45. The molecule has 0 unspecified atom stereocenters. The van der Waals surface area contributed by atoms with Gasteiger partial charge in [-0.1, -0.05) is 0 Å². The third-order valence-corrected chi connectivity index (χ3v) is 2.83. The van der Waals surface area contributed by atoms with E-state index < -0.39 is 9.73 Å². The molecular weight excluding hydrogens is 186 g/mol. The Kier molecular flexibility index (Phi) is 4.15. The van der Waals surface area contributed by atoms with Crippen LogP contribution in [0.2, 0.25) is 0 Å². The summed E-state index contributed by atoms with van der Waals surface area (Å²) >= 11 is 0. The smallest absolute Gasteiger partial charge is 0.0611 e. The second-order valence-corrected chi connectivity index (χ2v) is 6.25. The molecule has 0 bridgehead atoms. The molecule has 0 aromatic heterocycles. The quantitative estimate of drug-likeness (QED) is 0.683. The van der Waals surface area contributed by atoms with Crippen molar-refractivity contribution in [3.8, 4) is 0 Å². The SMILES string of the molecule is CS(C)(=O)=NCCN1CCNCC1. The maximum Gasteiger partial charge on any atom is 0.0611 e. The molecule has 1 fully saturated rings. The summed E-state index contributed by atoms with van der Waals surface area (Å²) in [6.07, 6.45) is 3.37. The van der Waals surface area contributed by atoms with Gasteiger partial charge < -0.3 is 5.32 Å². The third kappa shape index (κ3) is 5.23. The van der Waals surface area contributed by atoms with Crippen LogP contribution in [0.15, 0.2) is 4.36 Å². The molecular formula is C8H19N3OS. The maximum absolute atomic E-state index is 11.2. The lowest BCUT2D eigenvalue weighted by molar-refractivity contribution is 0.248. The van der Waals surface area contributed by atoms with E-state index in [0.29, 0.717) is 6.54 Å². The standard InChI is InChI=1S/C8H19N3OS/c1-13(2,12)10-5-8-11-6-3-9-4-7-11/h9H,3-8H2,1-2H3. The van der Waals surface area contributed by atoms with E-state index in [0.717, 1.165) is 32.7 Å². The molecule has 1 saturated heterocycles. The summed E-state index contributed by atoms with van der Waals surface area (Å²) in [4.78, 5) is 2.35. The Labute approximate surface area is 80.9 Å². The average molecular weight is 205 g/mol. The molecule has 1 N–H and O–H groups in total. The summed E-state index contributed by atoms with van der Waals surface area (Å²) < 4.78 is 15.3. The molecule has 0 spiro atoms. The van der Waals surface area contributed by atoms with Gasteiger partial charge in [0.1, 0.15) is 0 Å². The minimum absolute atomic E-state index is 0.700. The average Bonchev–Trinajstić information content (AvgIpc) is 2.04. The Morgan fingerprint density at radius 3 is 2.54 bits per heavy atom. The second-order valence-electron chi connectivity index (χ2n) is 3.63. The van der Waals surface area contributed by atoms with Gasteiger partial charge in [0.25, 0.3) is 0 Å². The van der Waals surface area contributed by atoms with Gasteiger partial charge in [-0.15, -0.1) is 0 Å². The van der Waals surface area contributed by atoms with Crippen LogP contribution in [0.5, 0.6) is 0 Å². The molecule has 1 aliphatic rings. The van der Waals surface area contributed by atoms with Gasteiger partial charge in [0, 0.05) is 55.0 Å². The fourth-order valence-corrected chi connectivity index (χ4v) is 1.86. The van der Waals surface area contributed by atoms with Crippen molar-refractivity contribution in [1.29, 1.82) is 0 Å². The molecule has 0 aliphatic carbocycles. The van der Waals surface area contributed by atoms with Crippen LogP contribution in [0.1, 0.15) is 0 Å². The normalized spacial score (nSPS) is 20.2. The second kappa shape index (κ2) is 4.93.